The highest BCUT2D eigenvalue weighted by Crippen LogP contribution is 2.37. The van der Waals surface area contributed by atoms with Crippen LogP contribution in [0.1, 0.15) is 50.9 Å². The molecular weight excluding hydrogens is 505 g/mol. The van der Waals surface area contributed by atoms with E-state index in [1.54, 1.807) is 30.6 Å². The molecule has 0 unspecified atom stereocenters. The number of hydrogen-bond donors (Lipinski definition) is 2. The van der Waals surface area contributed by atoms with E-state index in [2.05, 4.69) is 9.72 Å². The number of aromatic nitrogens is 2. The van der Waals surface area contributed by atoms with Gasteiger partial charge in [0.15, 0.2) is 0 Å². The van der Waals surface area contributed by atoms with Crippen LogP contribution in [0.3, 0.4) is 0 Å². The van der Waals surface area contributed by atoms with Gasteiger partial charge in [0.1, 0.15) is 22.5 Å². The monoisotopic (exact) mass is 537 g/mol. The number of nitrogens with zero attached hydrogens (tertiary/aromatic N) is 2. The number of benzene rings is 1. The summed E-state index contributed by atoms with van der Waals surface area (Å²) in [6, 6.07) is 6.35. The summed E-state index contributed by atoms with van der Waals surface area (Å²) in [4.78, 5) is 17.1. The number of imidazole rings is 1. The van der Waals surface area contributed by atoms with E-state index < -0.39 is 28.5 Å². The van der Waals surface area contributed by atoms with Crippen molar-refractivity contribution in [3.63, 3.8) is 0 Å². The second-order valence-electron chi connectivity index (χ2n) is 9.91. The third kappa shape index (κ3) is 6.71. The third-order valence-electron chi connectivity index (χ3n) is 5.24. The Morgan fingerprint density at radius 1 is 1.28 bits per heavy atom. The highest BCUT2D eigenvalue weighted by molar-refractivity contribution is 7.92. The first kappa shape index (κ1) is 27.8. The summed E-state index contributed by atoms with van der Waals surface area (Å²) in [7, 11) is -4.29. The van der Waals surface area contributed by atoms with Crippen molar-refractivity contribution in [2.45, 2.75) is 57.2 Å². The Hall–Kier alpha value is -2.76. The van der Waals surface area contributed by atoms with Crippen molar-refractivity contribution >= 4 is 27.5 Å². The maximum absolute atomic E-state index is 15.3. The van der Waals surface area contributed by atoms with Crippen LogP contribution >= 0.6 is 11.3 Å². The molecular formula is C25H32FN3O5S2. The molecule has 8 nitrogen and oxygen atoms in total. The van der Waals surface area contributed by atoms with Gasteiger partial charge in [-0.2, -0.15) is 0 Å². The molecule has 3 rings (SSSR count). The lowest BCUT2D eigenvalue weighted by Gasteiger charge is -2.20. The molecule has 0 saturated heterocycles. The van der Waals surface area contributed by atoms with Gasteiger partial charge < -0.3 is 14.4 Å². The number of carbonyl (C=O) groups is 1. The number of hydrogen-bond acceptors (Lipinski definition) is 7. The average Bonchev–Trinajstić information content (AvgIpc) is 3.40. The molecule has 1 amide bonds. The zero-order chi connectivity index (χ0) is 26.7. The lowest BCUT2D eigenvalue weighted by molar-refractivity contribution is 0.124. The molecule has 11 heteroatoms. The van der Waals surface area contributed by atoms with Crippen molar-refractivity contribution in [3.05, 3.63) is 58.7 Å². The lowest BCUT2D eigenvalue weighted by atomic mass is 9.95. The van der Waals surface area contributed by atoms with Gasteiger partial charge in [-0.25, -0.2) is 27.3 Å². The highest BCUT2D eigenvalue weighted by Gasteiger charge is 2.27. The Morgan fingerprint density at radius 3 is 2.61 bits per heavy atom. The number of halogens is 1. The van der Waals surface area contributed by atoms with Crippen LogP contribution in [0.5, 0.6) is 0 Å². The maximum atomic E-state index is 15.3. The molecule has 3 aromatic rings. The van der Waals surface area contributed by atoms with Gasteiger partial charge in [-0.3, -0.25) is 0 Å². The Labute approximate surface area is 215 Å². The van der Waals surface area contributed by atoms with E-state index in [9.17, 15) is 13.2 Å². The molecule has 0 bridgehead atoms. The van der Waals surface area contributed by atoms with E-state index in [4.69, 9.17) is 5.11 Å². The van der Waals surface area contributed by atoms with Crippen molar-refractivity contribution in [2.24, 2.45) is 5.92 Å². The van der Waals surface area contributed by atoms with Crippen LogP contribution in [0.15, 0.2) is 40.9 Å². The predicted molar refractivity (Wildman–Crippen MR) is 137 cm³/mol. The van der Waals surface area contributed by atoms with E-state index >= 15 is 4.39 Å². The van der Waals surface area contributed by atoms with E-state index in [1.165, 1.54) is 6.07 Å². The quantitative estimate of drug-likeness (QED) is 0.409. The Bertz CT molecular complexity index is 1320. The molecule has 0 atom stereocenters. The second-order valence-corrected chi connectivity index (χ2v) is 12.9. The molecule has 2 aromatic heterocycles. The first-order chi connectivity index (χ1) is 16.8. The zero-order valence-electron chi connectivity index (χ0n) is 21.0. The Kier molecular flexibility index (Phi) is 8.58. The molecule has 196 valence electrons. The molecule has 0 saturated carbocycles. The second kappa shape index (κ2) is 11.1. The van der Waals surface area contributed by atoms with Gasteiger partial charge in [0.25, 0.3) is 10.0 Å². The van der Waals surface area contributed by atoms with Gasteiger partial charge in [-0.1, -0.05) is 46.8 Å². The summed E-state index contributed by atoms with van der Waals surface area (Å²) < 4.78 is 49.6. The van der Waals surface area contributed by atoms with Crippen molar-refractivity contribution in [2.75, 3.05) is 13.2 Å². The summed E-state index contributed by atoms with van der Waals surface area (Å²) in [6.45, 7) is 9.63. The maximum Gasteiger partial charge on any atom is 0.421 e. The largest absolute Gasteiger partial charge is 0.446 e. The van der Waals surface area contributed by atoms with Crippen LogP contribution in [0.25, 0.3) is 11.1 Å². The van der Waals surface area contributed by atoms with Crippen LogP contribution in [0.4, 0.5) is 9.18 Å². The van der Waals surface area contributed by atoms with Gasteiger partial charge in [-0.05, 0) is 30.0 Å². The molecule has 0 fully saturated rings. The fraction of sp³-hybridized carbons (Fsp3) is 0.440. The molecule has 0 aliphatic heterocycles. The van der Waals surface area contributed by atoms with Crippen LogP contribution in [0, 0.1) is 11.7 Å². The van der Waals surface area contributed by atoms with Crippen molar-refractivity contribution < 1.29 is 27.4 Å². The summed E-state index contributed by atoms with van der Waals surface area (Å²) in [5.41, 5.74) is 0.919. The standard InChI is InChI=1S/C25H32FN3O5S2/c1-16(2)12-19-14-20(22(35-19)36(32,33)28-24(31)34-11-10-30)17-6-7-18(21(26)13-17)15-29-9-8-27-23(29)25(3,4)5/h6-9,13-14,16,30H,10-12,15H2,1-5H3,(H,28,31). The normalized spacial score (nSPS) is 12.2. The number of aliphatic hydroxyl groups excluding tert-OH is 1. The van der Waals surface area contributed by atoms with E-state index in [1.807, 2.05) is 43.9 Å². The fourth-order valence-corrected chi connectivity index (χ4v) is 6.60. The van der Waals surface area contributed by atoms with E-state index in [0.29, 0.717) is 23.1 Å². The molecule has 2 heterocycles. The summed E-state index contributed by atoms with van der Waals surface area (Å²) in [6.07, 6.45) is 2.92. The molecule has 0 aliphatic rings. The number of rotatable bonds is 9. The van der Waals surface area contributed by atoms with Crippen LogP contribution in [-0.2, 0) is 33.1 Å². The number of nitrogens with one attached hydrogen (secondary N) is 1. The van der Waals surface area contributed by atoms with Gasteiger partial charge in [0.05, 0.1) is 13.2 Å². The number of thiophene rings is 1. The van der Waals surface area contributed by atoms with Crippen LogP contribution < -0.4 is 4.72 Å². The van der Waals surface area contributed by atoms with E-state index in [-0.39, 0.29) is 28.7 Å². The molecule has 0 spiro atoms. The number of carbonyl (C=O) groups excluding carboxylic acids is 1. The highest BCUT2D eigenvalue weighted by atomic mass is 32.2. The third-order valence-corrected chi connectivity index (χ3v) is 8.24. The van der Waals surface area contributed by atoms with E-state index in [0.717, 1.165) is 22.0 Å². The summed E-state index contributed by atoms with van der Waals surface area (Å²) in [5, 5.41) is 8.80. The first-order valence-corrected chi connectivity index (χ1v) is 13.9. The van der Waals surface area contributed by atoms with Gasteiger partial charge >= 0.3 is 6.09 Å². The zero-order valence-corrected chi connectivity index (χ0v) is 22.7. The average molecular weight is 538 g/mol. The molecule has 0 aliphatic carbocycles. The molecule has 36 heavy (non-hydrogen) atoms. The molecule has 0 radical (unpaired) electrons. The minimum atomic E-state index is -4.29. The van der Waals surface area contributed by atoms with Gasteiger partial charge in [-0.15, -0.1) is 11.3 Å². The summed E-state index contributed by atoms with van der Waals surface area (Å²) >= 11 is 1.03. The fourth-order valence-electron chi connectivity index (χ4n) is 3.76. The Balaban J connectivity index is 1.98. The molecule has 2 N–H and O–H groups in total. The minimum Gasteiger partial charge on any atom is -0.446 e. The van der Waals surface area contributed by atoms with Crippen LogP contribution in [-0.4, -0.2) is 42.4 Å². The minimum absolute atomic E-state index is 0.101. The summed E-state index contributed by atoms with van der Waals surface area (Å²) in [5.74, 6) is 0.617. The number of sulfonamides is 1. The van der Waals surface area contributed by atoms with Gasteiger partial charge in [0, 0.05) is 33.8 Å². The van der Waals surface area contributed by atoms with Gasteiger partial charge in [0.2, 0.25) is 0 Å². The van der Waals surface area contributed by atoms with Crippen molar-refractivity contribution in [1.29, 1.82) is 0 Å². The Morgan fingerprint density at radius 2 is 2.00 bits per heavy atom. The lowest BCUT2D eigenvalue weighted by Crippen LogP contribution is -2.31. The number of aliphatic hydroxyl groups is 1. The first-order valence-electron chi connectivity index (χ1n) is 11.6. The molecule has 1 aromatic carbocycles. The topological polar surface area (TPSA) is 111 Å². The SMILES string of the molecule is CC(C)Cc1cc(-c2ccc(Cn3ccnc3C(C)(C)C)c(F)c2)c(S(=O)(=O)NC(=O)OCCO)s1. The van der Waals surface area contributed by atoms with Crippen molar-refractivity contribution in [1.82, 2.24) is 14.3 Å². The predicted octanol–water partition coefficient (Wildman–Crippen LogP) is 4.70. The smallest absolute Gasteiger partial charge is 0.421 e. The van der Waals surface area contributed by atoms with Crippen molar-refractivity contribution in [3.8, 4) is 11.1 Å². The number of ether oxygens (including phenoxy) is 1. The number of amides is 1. The van der Waals surface area contributed by atoms with Crippen LogP contribution in [0.2, 0.25) is 0 Å².